The smallest absolute Gasteiger partial charge is 0.269 e. The van der Waals surface area contributed by atoms with Gasteiger partial charge >= 0.3 is 0 Å². The fourth-order valence-corrected chi connectivity index (χ4v) is 2.30. The summed E-state index contributed by atoms with van der Waals surface area (Å²) in [4.78, 5) is 21.9. The molecule has 102 valence electrons. The fourth-order valence-electron chi connectivity index (χ4n) is 2.30. The highest BCUT2D eigenvalue weighted by molar-refractivity contribution is 5.92. The van der Waals surface area contributed by atoms with Crippen molar-refractivity contribution in [2.45, 2.75) is 39.7 Å². The summed E-state index contributed by atoms with van der Waals surface area (Å²) < 4.78 is 5.85. The maximum Gasteiger partial charge on any atom is 0.269 e. The van der Waals surface area contributed by atoms with Gasteiger partial charge in [0.2, 0.25) is 0 Å². The van der Waals surface area contributed by atoms with Crippen LogP contribution in [-0.2, 0) is 4.79 Å². The molecule has 1 aromatic rings. The van der Waals surface area contributed by atoms with Crippen molar-refractivity contribution in [2.75, 3.05) is 0 Å². The second-order valence-electron chi connectivity index (χ2n) is 5.21. The Morgan fingerprint density at radius 1 is 1.53 bits per heavy atom. The Morgan fingerprint density at radius 3 is 2.68 bits per heavy atom. The van der Waals surface area contributed by atoms with Crippen molar-refractivity contribution in [1.29, 1.82) is 0 Å². The number of carbonyl (C=O) groups excluding carboxylic acids is 1. The summed E-state index contributed by atoms with van der Waals surface area (Å²) in [6.45, 7) is 5.65. The number of carbonyl (C=O) groups is 1. The molecule has 0 heterocycles. The highest BCUT2D eigenvalue weighted by Crippen LogP contribution is 2.43. The van der Waals surface area contributed by atoms with Gasteiger partial charge in [0.1, 0.15) is 17.6 Å². The van der Waals surface area contributed by atoms with Gasteiger partial charge in [0, 0.05) is 18.6 Å². The number of hydrogen-bond donors (Lipinski definition) is 0. The average Bonchev–Trinajstić information content (AvgIpc) is 2.38. The molecule has 1 aromatic carbocycles. The van der Waals surface area contributed by atoms with Gasteiger partial charge in [0.05, 0.1) is 10.3 Å². The predicted molar refractivity (Wildman–Crippen MR) is 70.3 cm³/mol. The largest absolute Gasteiger partial charge is 0.489 e. The summed E-state index contributed by atoms with van der Waals surface area (Å²) >= 11 is 0. The highest BCUT2D eigenvalue weighted by Gasteiger charge is 2.51. The predicted octanol–water partition coefficient (Wildman–Crippen LogP) is 3.04. The summed E-state index contributed by atoms with van der Waals surface area (Å²) in [6, 6.07) is 4.51. The number of non-ortho nitro benzene ring substituents is 1. The van der Waals surface area contributed by atoms with E-state index in [0.29, 0.717) is 17.7 Å². The zero-order valence-corrected chi connectivity index (χ0v) is 11.3. The summed E-state index contributed by atoms with van der Waals surface area (Å²) in [5.74, 6) is 0.835. The topological polar surface area (TPSA) is 69.4 Å². The summed E-state index contributed by atoms with van der Waals surface area (Å²) in [7, 11) is 0. The maximum atomic E-state index is 11.6. The van der Waals surface area contributed by atoms with E-state index < -0.39 is 10.3 Å². The number of ketones is 1. The van der Waals surface area contributed by atoms with Gasteiger partial charge < -0.3 is 4.74 Å². The molecule has 0 N–H and O–H groups in total. The highest BCUT2D eigenvalue weighted by atomic mass is 16.6. The fraction of sp³-hybridized carbons (Fsp3) is 0.500. The molecule has 1 aliphatic carbocycles. The van der Waals surface area contributed by atoms with Crippen molar-refractivity contribution in [3.63, 3.8) is 0 Å². The lowest BCUT2D eigenvalue weighted by molar-refractivity contribution is -0.384. The van der Waals surface area contributed by atoms with Crippen LogP contribution in [-0.4, -0.2) is 16.8 Å². The van der Waals surface area contributed by atoms with E-state index in [0.717, 1.165) is 6.42 Å². The zero-order valence-electron chi connectivity index (χ0n) is 11.3. The maximum absolute atomic E-state index is 11.6. The molecule has 0 saturated heterocycles. The van der Waals surface area contributed by atoms with E-state index in [-0.39, 0.29) is 17.6 Å². The van der Waals surface area contributed by atoms with Gasteiger partial charge in [-0.2, -0.15) is 0 Å². The van der Waals surface area contributed by atoms with Gasteiger partial charge in [-0.05, 0) is 31.9 Å². The van der Waals surface area contributed by atoms with Crippen molar-refractivity contribution in [3.05, 3.63) is 33.9 Å². The number of rotatable bonds is 4. The third-order valence-corrected chi connectivity index (χ3v) is 4.09. The van der Waals surface area contributed by atoms with E-state index in [1.165, 1.54) is 12.1 Å². The summed E-state index contributed by atoms with van der Waals surface area (Å²) in [5, 5.41) is 10.7. The first-order valence-corrected chi connectivity index (χ1v) is 6.33. The van der Waals surface area contributed by atoms with Crippen LogP contribution < -0.4 is 4.74 Å². The number of ether oxygens (including phenoxy) is 1. The van der Waals surface area contributed by atoms with E-state index >= 15 is 0 Å². The summed E-state index contributed by atoms with van der Waals surface area (Å²) in [6.07, 6.45) is 1.02. The first-order valence-electron chi connectivity index (χ1n) is 6.33. The number of Topliss-reactive ketones (excluding diaryl/α,β-unsaturated/α-hetero) is 1. The zero-order chi connectivity index (χ0) is 14.2. The molecule has 1 fully saturated rings. The van der Waals surface area contributed by atoms with Crippen molar-refractivity contribution < 1.29 is 14.5 Å². The van der Waals surface area contributed by atoms with Crippen molar-refractivity contribution in [3.8, 4) is 5.75 Å². The molecule has 0 spiro atoms. The van der Waals surface area contributed by atoms with Crippen LogP contribution in [0.2, 0.25) is 0 Å². The Kier molecular flexibility index (Phi) is 3.30. The quantitative estimate of drug-likeness (QED) is 0.618. The Labute approximate surface area is 111 Å². The van der Waals surface area contributed by atoms with Crippen LogP contribution in [0.15, 0.2) is 18.2 Å². The third-order valence-electron chi connectivity index (χ3n) is 4.09. The van der Waals surface area contributed by atoms with Crippen LogP contribution in [0.1, 0.15) is 32.3 Å². The lowest BCUT2D eigenvalue weighted by Gasteiger charge is -2.44. The van der Waals surface area contributed by atoms with E-state index in [1.807, 2.05) is 13.8 Å². The van der Waals surface area contributed by atoms with Crippen molar-refractivity contribution in [2.24, 2.45) is 5.41 Å². The molecule has 5 nitrogen and oxygen atoms in total. The second-order valence-corrected chi connectivity index (χ2v) is 5.21. The van der Waals surface area contributed by atoms with Gasteiger partial charge in [-0.25, -0.2) is 0 Å². The standard InChI is InChI=1S/C14H17NO4/c1-4-14(3)12(16)8-13(14)19-11-6-5-10(15(17)18)7-9(11)2/h5-7,13H,4,8H2,1-3H3. The minimum Gasteiger partial charge on any atom is -0.489 e. The van der Waals surface area contributed by atoms with E-state index in [4.69, 9.17) is 4.74 Å². The minimum absolute atomic E-state index is 0.0489. The van der Waals surface area contributed by atoms with Crippen LogP contribution in [0.5, 0.6) is 5.75 Å². The first kappa shape index (κ1) is 13.5. The van der Waals surface area contributed by atoms with E-state index in [9.17, 15) is 14.9 Å². The number of aryl methyl sites for hydroxylation is 1. The third kappa shape index (κ3) is 2.20. The SMILES string of the molecule is CCC1(C)C(=O)CC1Oc1ccc([N+](=O)[O-])cc1C. The number of benzene rings is 1. The molecule has 0 aromatic heterocycles. The minimum atomic E-state index is -0.431. The van der Waals surface area contributed by atoms with Crippen molar-refractivity contribution >= 4 is 11.5 Å². The molecule has 2 unspecified atom stereocenters. The molecule has 2 rings (SSSR count). The molecule has 0 bridgehead atoms. The number of nitro benzene ring substituents is 1. The van der Waals surface area contributed by atoms with Gasteiger partial charge in [-0.1, -0.05) is 6.92 Å². The van der Waals surface area contributed by atoms with Gasteiger partial charge in [0.25, 0.3) is 5.69 Å². The normalized spacial score (nSPS) is 25.8. The van der Waals surface area contributed by atoms with E-state index in [1.54, 1.807) is 13.0 Å². The van der Waals surface area contributed by atoms with E-state index in [2.05, 4.69) is 0 Å². The van der Waals surface area contributed by atoms with Crippen LogP contribution in [0.25, 0.3) is 0 Å². The first-order chi connectivity index (χ1) is 8.88. The lowest BCUT2D eigenvalue weighted by atomic mass is 9.64. The van der Waals surface area contributed by atoms with Gasteiger partial charge in [-0.15, -0.1) is 0 Å². The number of hydrogen-bond acceptors (Lipinski definition) is 4. The molecule has 5 heteroatoms. The Balaban J connectivity index is 2.17. The molecule has 1 aliphatic rings. The Hall–Kier alpha value is -1.91. The van der Waals surface area contributed by atoms with Gasteiger partial charge in [0.15, 0.2) is 0 Å². The van der Waals surface area contributed by atoms with Crippen molar-refractivity contribution in [1.82, 2.24) is 0 Å². The Bertz CT molecular complexity index is 540. The molecule has 0 aliphatic heterocycles. The lowest BCUT2D eigenvalue weighted by Crippen LogP contribution is -2.54. The Morgan fingerprint density at radius 2 is 2.21 bits per heavy atom. The molecule has 0 radical (unpaired) electrons. The molecule has 2 atom stereocenters. The van der Waals surface area contributed by atoms with Crippen LogP contribution >= 0.6 is 0 Å². The van der Waals surface area contributed by atoms with Crippen LogP contribution in [0, 0.1) is 22.5 Å². The van der Waals surface area contributed by atoms with Crippen LogP contribution in [0.4, 0.5) is 5.69 Å². The number of nitrogens with zero attached hydrogens (tertiary/aromatic N) is 1. The average molecular weight is 263 g/mol. The molecule has 0 amide bonds. The van der Waals surface area contributed by atoms with Crippen LogP contribution in [0.3, 0.4) is 0 Å². The molecular weight excluding hydrogens is 246 g/mol. The molecule has 19 heavy (non-hydrogen) atoms. The van der Waals surface area contributed by atoms with Gasteiger partial charge in [-0.3, -0.25) is 14.9 Å². The second kappa shape index (κ2) is 4.64. The summed E-state index contributed by atoms with van der Waals surface area (Å²) in [5.41, 5.74) is 0.341. The molecular formula is C14H17NO4. The molecule has 1 saturated carbocycles. The number of nitro groups is 1. The monoisotopic (exact) mass is 263 g/mol.